The maximum absolute atomic E-state index is 6.24. The third kappa shape index (κ3) is 3.07. The summed E-state index contributed by atoms with van der Waals surface area (Å²) in [4.78, 5) is 4.13. The van der Waals surface area contributed by atoms with Crippen LogP contribution < -0.4 is 5.73 Å². The van der Waals surface area contributed by atoms with E-state index in [0.29, 0.717) is 0 Å². The van der Waals surface area contributed by atoms with Crippen LogP contribution in [0.5, 0.6) is 0 Å². The highest BCUT2D eigenvalue weighted by atomic mass is 15.2. The molecule has 4 nitrogen and oxygen atoms in total. The highest BCUT2D eigenvalue weighted by Crippen LogP contribution is 2.21. The minimum absolute atomic E-state index is 0.0772. The lowest BCUT2D eigenvalue weighted by Gasteiger charge is -2.09. The second kappa shape index (κ2) is 6.50. The lowest BCUT2D eigenvalue weighted by molar-refractivity contribution is 0.557. The largest absolute Gasteiger partial charge is 0.324 e. The summed E-state index contributed by atoms with van der Waals surface area (Å²) in [6.45, 7) is 2.23. The minimum atomic E-state index is 0.0772. The van der Waals surface area contributed by atoms with Gasteiger partial charge in [-0.25, -0.2) is 4.52 Å². The predicted octanol–water partition coefficient (Wildman–Crippen LogP) is 3.09. The molecule has 2 N–H and O–H groups in total. The molecule has 0 aliphatic carbocycles. The van der Waals surface area contributed by atoms with Crippen molar-refractivity contribution in [2.45, 2.75) is 51.5 Å². The molecule has 1 unspecified atom stereocenters. The van der Waals surface area contributed by atoms with E-state index < -0.39 is 0 Å². The van der Waals surface area contributed by atoms with Crippen molar-refractivity contribution in [1.29, 1.82) is 0 Å². The Hall–Kier alpha value is -1.42. The van der Waals surface area contributed by atoms with E-state index >= 15 is 0 Å². The molecule has 2 rings (SSSR count). The first-order valence-electron chi connectivity index (χ1n) is 6.85. The maximum Gasteiger partial charge on any atom is 0.0892 e. The molecule has 2 aromatic rings. The van der Waals surface area contributed by atoms with E-state index in [0.717, 1.165) is 17.5 Å². The SMILES string of the molecule is CCCCCCCC(N)c1cnn2ccncc12. The summed E-state index contributed by atoms with van der Waals surface area (Å²) in [6, 6.07) is 0.0772. The molecule has 0 saturated heterocycles. The number of hydrogen-bond donors (Lipinski definition) is 1. The van der Waals surface area contributed by atoms with Gasteiger partial charge in [-0.05, 0) is 6.42 Å². The quantitative estimate of drug-likeness (QED) is 0.764. The van der Waals surface area contributed by atoms with E-state index in [-0.39, 0.29) is 6.04 Å². The van der Waals surface area contributed by atoms with Gasteiger partial charge in [0.15, 0.2) is 0 Å². The highest BCUT2D eigenvalue weighted by Gasteiger charge is 2.11. The van der Waals surface area contributed by atoms with Gasteiger partial charge in [0.25, 0.3) is 0 Å². The number of hydrogen-bond acceptors (Lipinski definition) is 3. The van der Waals surface area contributed by atoms with Crippen molar-refractivity contribution in [2.75, 3.05) is 0 Å². The van der Waals surface area contributed by atoms with Gasteiger partial charge in [0.05, 0.1) is 17.9 Å². The summed E-state index contributed by atoms with van der Waals surface area (Å²) in [7, 11) is 0. The molecule has 0 radical (unpaired) electrons. The van der Waals surface area contributed by atoms with Gasteiger partial charge in [0, 0.05) is 24.0 Å². The van der Waals surface area contributed by atoms with Gasteiger partial charge in [0.2, 0.25) is 0 Å². The standard InChI is InChI=1S/C14H22N4/c1-2-3-4-5-6-7-13(15)12-10-17-18-9-8-16-11-14(12)18/h8-11,13H,2-7,15H2,1H3. The molecular formula is C14H22N4. The topological polar surface area (TPSA) is 56.2 Å². The Morgan fingerprint density at radius 3 is 2.89 bits per heavy atom. The first kappa shape index (κ1) is 13.0. The Bertz CT molecular complexity index is 477. The van der Waals surface area contributed by atoms with Gasteiger partial charge in [-0.2, -0.15) is 5.10 Å². The fourth-order valence-electron chi connectivity index (χ4n) is 2.26. The molecular weight excluding hydrogens is 224 g/mol. The van der Waals surface area contributed by atoms with E-state index in [4.69, 9.17) is 5.73 Å². The lowest BCUT2D eigenvalue weighted by atomic mass is 10.0. The van der Waals surface area contributed by atoms with Crippen LogP contribution in [0.15, 0.2) is 24.8 Å². The van der Waals surface area contributed by atoms with Gasteiger partial charge in [-0.3, -0.25) is 4.98 Å². The first-order chi connectivity index (χ1) is 8.83. The summed E-state index contributed by atoms with van der Waals surface area (Å²) in [5, 5.41) is 4.29. The van der Waals surface area contributed by atoms with Crippen molar-refractivity contribution in [3.05, 3.63) is 30.4 Å². The summed E-state index contributed by atoms with van der Waals surface area (Å²) < 4.78 is 1.83. The Balaban J connectivity index is 1.90. The normalized spacial score (nSPS) is 13.0. The van der Waals surface area contributed by atoms with Crippen LogP contribution >= 0.6 is 0 Å². The van der Waals surface area contributed by atoms with E-state index in [1.54, 1.807) is 6.20 Å². The molecule has 2 aromatic heterocycles. The predicted molar refractivity (Wildman–Crippen MR) is 73.3 cm³/mol. The average Bonchev–Trinajstić information content (AvgIpc) is 2.82. The smallest absolute Gasteiger partial charge is 0.0892 e. The lowest BCUT2D eigenvalue weighted by Crippen LogP contribution is -2.09. The van der Waals surface area contributed by atoms with E-state index in [9.17, 15) is 0 Å². The maximum atomic E-state index is 6.24. The molecule has 0 spiro atoms. The molecule has 0 aliphatic rings. The first-order valence-corrected chi connectivity index (χ1v) is 6.85. The number of fused-ring (bicyclic) bond motifs is 1. The fraction of sp³-hybridized carbons (Fsp3) is 0.571. The molecule has 0 amide bonds. The van der Waals surface area contributed by atoms with Crippen LogP contribution in [-0.2, 0) is 0 Å². The zero-order valence-corrected chi connectivity index (χ0v) is 11.0. The van der Waals surface area contributed by atoms with Crippen molar-refractivity contribution >= 4 is 5.52 Å². The second-order valence-corrected chi connectivity index (χ2v) is 4.82. The molecule has 1 atom stereocenters. The summed E-state index contributed by atoms with van der Waals surface area (Å²) in [5.41, 5.74) is 8.38. The number of rotatable bonds is 7. The van der Waals surface area contributed by atoms with Crippen molar-refractivity contribution < 1.29 is 0 Å². The Morgan fingerprint density at radius 1 is 1.22 bits per heavy atom. The molecule has 0 fully saturated rings. The van der Waals surface area contributed by atoms with E-state index in [1.165, 1.54) is 32.1 Å². The van der Waals surface area contributed by atoms with Crippen LogP contribution in [0, 0.1) is 0 Å². The minimum Gasteiger partial charge on any atom is -0.324 e. The highest BCUT2D eigenvalue weighted by molar-refractivity contribution is 5.52. The zero-order valence-electron chi connectivity index (χ0n) is 11.0. The molecule has 98 valence electrons. The second-order valence-electron chi connectivity index (χ2n) is 4.82. The van der Waals surface area contributed by atoms with Crippen LogP contribution in [-0.4, -0.2) is 14.6 Å². The summed E-state index contributed by atoms with van der Waals surface area (Å²) in [6.07, 6.45) is 14.7. The van der Waals surface area contributed by atoms with Gasteiger partial charge in [-0.1, -0.05) is 39.0 Å². The number of nitrogens with two attached hydrogens (primary N) is 1. The molecule has 0 aromatic carbocycles. The van der Waals surface area contributed by atoms with E-state index in [2.05, 4.69) is 17.0 Å². The van der Waals surface area contributed by atoms with Crippen molar-refractivity contribution in [3.63, 3.8) is 0 Å². The van der Waals surface area contributed by atoms with Crippen LogP contribution in [0.4, 0.5) is 0 Å². The molecule has 0 bridgehead atoms. The Labute approximate surface area is 108 Å². The average molecular weight is 246 g/mol. The monoisotopic (exact) mass is 246 g/mol. The molecule has 18 heavy (non-hydrogen) atoms. The fourth-order valence-corrected chi connectivity index (χ4v) is 2.26. The van der Waals surface area contributed by atoms with Gasteiger partial charge in [0.1, 0.15) is 0 Å². The number of nitrogens with zero attached hydrogens (tertiary/aromatic N) is 3. The van der Waals surface area contributed by atoms with Crippen molar-refractivity contribution in [1.82, 2.24) is 14.6 Å². The van der Waals surface area contributed by atoms with E-state index in [1.807, 2.05) is 23.1 Å². The molecule has 0 saturated carbocycles. The molecule has 2 heterocycles. The van der Waals surface area contributed by atoms with Crippen LogP contribution in [0.2, 0.25) is 0 Å². The molecule has 0 aliphatic heterocycles. The summed E-state index contributed by atoms with van der Waals surface area (Å²) >= 11 is 0. The Morgan fingerprint density at radius 2 is 2.06 bits per heavy atom. The van der Waals surface area contributed by atoms with Crippen LogP contribution in [0.3, 0.4) is 0 Å². The van der Waals surface area contributed by atoms with Crippen LogP contribution in [0.25, 0.3) is 5.52 Å². The van der Waals surface area contributed by atoms with Gasteiger partial charge < -0.3 is 5.73 Å². The molecule has 4 heteroatoms. The van der Waals surface area contributed by atoms with Gasteiger partial charge in [-0.15, -0.1) is 0 Å². The van der Waals surface area contributed by atoms with Crippen molar-refractivity contribution in [3.8, 4) is 0 Å². The third-order valence-electron chi connectivity index (χ3n) is 3.37. The Kier molecular flexibility index (Phi) is 4.70. The summed E-state index contributed by atoms with van der Waals surface area (Å²) in [5.74, 6) is 0. The zero-order chi connectivity index (χ0) is 12.8. The van der Waals surface area contributed by atoms with Crippen molar-refractivity contribution in [2.24, 2.45) is 5.73 Å². The van der Waals surface area contributed by atoms with Crippen LogP contribution in [0.1, 0.15) is 57.1 Å². The number of aromatic nitrogens is 3. The number of unbranched alkanes of at least 4 members (excludes halogenated alkanes) is 4. The van der Waals surface area contributed by atoms with Gasteiger partial charge >= 0.3 is 0 Å². The third-order valence-corrected chi connectivity index (χ3v) is 3.37.